The van der Waals surface area contributed by atoms with Crippen LogP contribution in [0.5, 0.6) is 5.75 Å². The summed E-state index contributed by atoms with van der Waals surface area (Å²) in [6.07, 6.45) is 2.74. The van der Waals surface area contributed by atoms with Gasteiger partial charge < -0.3 is 20.1 Å². The number of aliphatic hydroxyl groups excluding tert-OH is 1. The van der Waals surface area contributed by atoms with Crippen molar-refractivity contribution in [2.24, 2.45) is 5.41 Å². The fourth-order valence-corrected chi connectivity index (χ4v) is 3.77. The van der Waals surface area contributed by atoms with Gasteiger partial charge in [0.25, 0.3) is 0 Å². The van der Waals surface area contributed by atoms with Crippen LogP contribution in [0, 0.1) is 5.41 Å². The van der Waals surface area contributed by atoms with Crippen molar-refractivity contribution in [3.05, 3.63) is 24.5 Å². The first-order valence-electron chi connectivity index (χ1n) is 9.78. The smallest absolute Gasteiger partial charge is 0.248 e. The number of likely N-dealkylation sites (N-methyl/N-ethyl adjacent to an activating group) is 1. The summed E-state index contributed by atoms with van der Waals surface area (Å²) in [5, 5.41) is 21.1. The van der Waals surface area contributed by atoms with E-state index in [1.54, 1.807) is 31.6 Å². The Morgan fingerprint density at radius 3 is 2.73 bits per heavy atom. The summed E-state index contributed by atoms with van der Waals surface area (Å²) in [6.45, 7) is 5.85. The van der Waals surface area contributed by atoms with Gasteiger partial charge in [0, 0.05) is 26.2 Å². The molecule has 3 atom stereocenters. The average molecular weight is 416 g/mol. The number of rotatable bonds is 5. The fourth-order valence-electron chi connectivity index (χ4n) is 3.77. The zero-order valence-electron chi connectivity index (χ0n) is 17.9. The number of ether oxygens (including phenoxy) is 1. The molecule has 1 saturated heterocycles. The quantitative estimate of drug-likeness (QED) is 0.733. The van der Waals surface area contributed by atoms with Crippen LogP contribution in [0.25, 0.3) is 11.4 Å². The first-order valence-corrected chi connectivity index (χ1v) is 9.78. The molecule has 2 N–H and O–H groups in total. The number of aliphatic hydroxyl groups is 1. The van der Waals surface area contributed by atoms with Crippen molar-refractivity contribution in [1.82, 2.24) is 30.2 Å². The number of hydrogen-bond acceptors (Lipinski definition) is 7. The molecule has 0 aromatic carbocycles. The number of amides is 2. The molecule has 3 rings (SSSR count). The highest BCUT2D eigenvalue weighted by Gasteiger charge is 2.45. The number of hydrogen-bond donors (Lipinski definition) is 2. The zero-order valence-corrected chi connectivity index (χ0v) is 17.9. The minimum Gasteiger partial charge on any atom is -0.494 e. The Labute approximate surface area is 175 Å². The van der Waals surface area contributed by atoms with Crippen molar-refractivity contribution in [1.29, 1.82) is 0 Å². The molecule has 2 aromatic heterocycles. The van der Waals surface area contributed by atoms with Gasteiger partial charge in [0.15, 0.2) is 0 Å². The molecule has 10 heteroatoms. The van der Waals surface area contributed by atoms with Crippen LogP contribution in [-0.4, -0.2) is 74.6 Å². The topological polar surface area (TPSA) is 122 Å². The van der Waals surface area contributed by atoms with Crippen LogP contribution in [0.2, 0.25) is 0 Å². The summed E-state index contributed by atoms with van der Waals surface area (Å²) in [6, 6.07) is 2.08. The maximum absolute atomic E-state index is 13.5. The zero-order chi connectivity index (χ0) is 22.1. The lowest BCUT2D eigenvalue weighted by atomic mass is 9.85. The number of carbonyl (C=O) groups is 2. The Morgan fingerprint density at radius 1 is 1.37 bits per heavy atom. The van der Waals surface area contributed by atoms with E-state index >= 15 is 0 Å². The second-order valence-electron chi connectivity index (χ2n) is 8.42. The Balaban J connectivity index is 1.97. The van der Waals surface area contributed by atoms with E-state index in [2.05, 4.69) is 20.6 Å². The summed E-state index contributed by atoms with van der Waals surface area (Å²) >= 11 is 0. The van der Waals surface area contributed by atoms with E-state index in [9.17, 15) is 14.7 Å². The highest BCUT2D eigenvalue weighted by atomic mass is 16.5. The summed E-state index contributed by atoms with van der Waals surface area (Å²) in [7, 11) is 3.06. The number of pyridine rings is 1. The van der Waals surface area contributed by atoms with Gasteiger partial charge in [-0.3, -0.25) is 14.6 Å². The lowest BCUT2D eigenvalue weighted by Crippen LogP contribution is -2.49. The van der Waals surface area contributed by atoms with Gasteiger partial charge in [-0.2, -0.15) is 0 Å². The minimum atomic E-state index is -0.749. The number of nitrogens with zero attached hydrogens (tertiary/aromatic N) is 5. The van der Waals surface area contributed by atoms with E-state index in [-0.39, 0.29) is 24.8 Å². The molecule has 2 unspecified atom stereocenters. The molecule has 0 spiro atoms. The summed E-state index contributed by atoms with van der Waals surface area (Å²) in [4.78, 5) is 31.6. The lowest BCUT2D eigenvalue weighted by Gasteiger charge is -2.34. The molecule has 0 saturated carbocycles. The predicted molar refractivity (Wildman–Crippen MR) is 108 cm³/mol. The summed E-state index contributed by atoms with van der Waals surface area (Å²) in [5.41, 5.74) is 0.460. The first-order chi connectivity index (χ1) is 14.2. The number of methoxy groups -OCH3 is 1. The molecule has 1 aliphatic rings. The van der Waals surface area contributed by atoms with Crippen LogP contribution in [0.4, 0.5) is 0 Å². The maximum Gasteiger partial charge on any atom is 0.248 e. The molecule has 30 heavy (non-hydrogen) atoms. The Morgan fingerprint density at radius 2 is 2.10 bits per heavy atom. The van der Waals surface area contributed by atoms with E-state index in [0.29, 0.717) is 17.1 Å². The molecule has 1 fully saturated rings. The third kappa shape index (κ3) is 4.13. The standard InChI is InChI=1S/C20H28N6O4/c1-20(2,3)17(19(29)25-10-12(27)9-14(25)18(28)21-4)26-11-13(23-24-26)16-15(30-5)7-6-8-22-16/h6-8,11-12,14,17,27H,9-10H2,1-5H3,(H,21,28)/t12?,14?,17-/m1/s1. The molecular formula is C20H28N6O4. The van der Waals surface area contributed by atoms with Gasteiger partial charge in [-0.15, -0.1) is 5.10 Å². The molecule has 162 valence electrons. The Kier molecular flexibility index (Phi) is 6.06. The summed E-state index contributed by atoms with van der Waals surface area (Å²) < 4.78 is 6.84. The number of likely N-dealkylation sites (tertiary alicyclic amines) is 1. The van der Waals surface area contributed by atoms with Gasteiger partial charge in [-0.1, -0.05) is 26.0 Å². The molecule has 0 aliphatic carbocycles. The van der Waals surface area contributed by atoms with Crippen LogP contribution in [0.3, 0.4) is 0 Å². The number of aromatic nitrogens is 4. The van der Waals surface area contributed by atoms with Crippen LogP contribution in [0.15, 0.2) is 24.5 Å². The van der Waals surface area contributed by atoms with Crippen LogP contribution in [-0.2, 0) is 9.59 Å². The van der Waals surface area contributed by atoms with Gasteiger partial charge in [0.1, 0.15) is 29.2 Å². The monoisotopic (exact) mass is 416 g/mol. The second kappa shape index (κ2) is 8.39. The van der Waals surface area contributed by atoms with Gasteiger partial charge in [0.05, 0.1) is 19.4 Å². The van der Waals surface area contributed by atoms with E-state index in [1.165, 1.54) is 16.6 Å². The fraction of sp³-hybridized carbons (Fsp3) is 0.550. The second-order valence-corrected chi connectivity index (χ2v) is 8.42. The van der Waals surface area contributed by atoms with Crippen molar-refractivity contribution in [2.45, 2.75) is 45.4 Å². The largest absolute Gasteiger partial charge is 0.494 e. The third-order valence-corrected chi connectivity index (χ3v) is 5.17. The molecule has 0 radical (unpaired) electrons. The Hall–Kier alpha value is -3.01. The van der Waals surface area contributed by atoms with Crippen molar-refractivity contribution < 1.29 is 19.4 Å². The average Bonchev–Trinajstić information content (AvgIpc) is 3.33. The number of carbonyl (C=O) groups excluding carboxylic acids is 2. The normalized spacial score (nSPS) is 20.1. The van der Waals surface area contributed by atoms with Crippen molar-refractivity contribution in [3.63, 3.8) is 0 Å². The van der Waals surface area contributed by atoms with E-state index in [1.807, 2.05) is 20.8 Å². The Bertz CT molecular complexity index is 922. The molecule has 2 aromatic rings. The minimum absolute atomic E-state index is 0.0963. The molecule has 2 amide bonds. The molecular weight excluding hydrogens is 388 g/mol. The van der Waals surface area contributed by atoms with Crippen molar-refractivity contribution in [3.8, 4) is 17.1 Å². The highest BCUT2D eigenvalue weighted by Crippen LogP contribution is 2.35. The van der Waals surface area contributed by atoms with Crippen molar-refractivity contribution >= 4 is 11.8 Å². The van der Waals surface area contributed by atoms with Crippen molar-refractivity contribution in [2.75, 3.05) is 20.7 Å². The van der Waals surface area contributed by atoms with E-state index in [0.717, 1.165) is 0 Å². The summed E-state index contributed by atoms with van der Waals surface area (Å²) in [5.74, 6) is -0.0484. The third-order valence-electron chi connectivity index (χ3n) is 5.17. The lowest BCUT2D eigenvalue weighted by molar-refractivity contribution is -0.144. The number of β-amino-alcohol motifs (C(OH)–C–C–N with tert-alkyl or cyclic N) is 1. The van der Waals surface area contributed by atoms with Gasteiger partial charge >= 0.3 is 0 Å². The highest BCUT2D eigenvalue weighted by molar-refractivity contribution is 5.90. The number of nitrogens with one attached hydrogen (secondary N) is 1. The predicted octanol–water partition coefficient (Wildman–Crippen LogP) is 0.644. The van der Waals surface area contributed by atoms with Gasteiger partial charge in [-0.25, -0.2) is 4.68 Å². The molecule has 0 bridgehead atoms. The molecule has 10 nitrogen and oxygen atoms in total. The molecule has 1 aliphatic heterocycles. The van der Waals surface area contributed by atoms with E-state index < -0.39 is 23.6 Å². The van der Waals surface area contributed by atoms with Crippen LogP contribution in [0.1, 0.15) is 33.2 Å². The van der Waals surface area contributed by atoms with Gasteiger partial charge in [-0.05, 0) is 17.5 Å². The van der Waals surface area contributed by atoms with Crippen LogP contribution >= 0.6 is 0 Å². The SMILES string of the molecule is CNC(=O)C1CC(O)CN1C(=O)[C@@H](n1cc(-c2ncccc2OC)nn1)C(C)(C)C. The van der Waals surface area contributed by atoms with E-state index in [4.69, 9.17) is 4.74 Å². The van der Waals surface area contributed by atoms with Gasteiger partial charge in [0.2, 0.25) is 11.8 Å². The first kappa shape index (κ1) is 21.7. The van der Waals surface area contributed by atoms with Crippen LogP contribution < -0.4 is 10.1 Å². The molecule has 3 heterocycles. The maximum atomic E-state index is 13.5.